The van der Waals surface area contributed by atoms with Gasteiger partial charge in [0.1, 0.15) is 11.7 Å². The summed E-state index contributed by atoms with van der Waals surface area (Å²) in [5.74, 6) is 0.580. The molecule has 1 N–H and O–H groups in total. The fourth-order valence-corrected chi connectivity index (χ4v) is 7.49. The monoisotopic (exact) mass is 388 g/mol. The van der Waals surface area contributed by atoms with E-state index in [0.717, 1.165) is 31.3 Å². The van der Waals surface area contributed by atoms with E-state index >= 15 is 0 Å². The number of ketones is 2. The molecule has 0 saturated heterocycles. The quantitative estimate of drug-likeness (QED) is 0.734. The van der Waals surface area contributed by atoms with Crippen LogP contribution in [0.2, 0.25) is 0 Å². The Balaban J connectivity index is 1.75. The Labute approximate surface area is 166 Å². The molecule has 0 heterocycles. The van der Waals surface area contributed by atoms with Crippen molar-refractivity contribution in [1.82, 2.24) is 0 Å². The lowest BCUT2D eigenvalue weighted by atomic mass is 9.45. The molecule has 0 amide bonds. The van der Waals surface area contributed by atoms with E-state index in [1.54, 1.807) is 6.08 Å². The molecule has 0 radical (unpaired) electrons. The van der Waals surface area contributed by atoms with Crippen LogP contribution in [0.3, 0.4) is 0 Å². The maximum absolute atomic E-state index is 12.4. The highest BCUT2D eigenvalue weighted by molar-refractivity contribution is 5.92. The number of esters is 1. The molecule has 154 valence electrons. The molecule has 0 spiro atoms. The van der Waals surface area contributed by atoms with Gasteiger partial charge in [0.15, 0.2) is 11.6 Å². The van der Waals surface area contributed by atoms with Crippen LogP contribution in [0.1, 0.15) is 72.6 Å². The zero-order valence-electron chi connectivity index (χ0n) is 17.4. The first-order valence-corrected chi connectivity index (χ1v) is 10.7. The molecule has 28 heavy (non-hydrogen) atoms. The molecule has 0 aromatic carbocycles. The first-order valence-electron chi connectivity index (χ1n) is 10.7. The molecule has 5 heteroatoms. The normalized spacial score (nSPS) is 47.5. The van der Waals surface area contributed by atoms with E-state index in [-0.39, 0.29) is 40.9 Å². The minimum Gasteiger partial charge on any atom is -0.458 e. The van der Waals surface area contributed by atoms with Crippen molar-refractivity contribution in [2.24, 2.45) is 28.6 Å². The first-order chi connectivity index (χ1) is 13.0. The maximum Gasteiger partial charge on any atom is 0.303 e. The number of ether oxygens (including phenoxy) is 1. The third kappa shape index (κ3) is 2.51. The van der Waals surface area contributed by atoms with Crippen LogP contribution in [0.15, 0.2) is 11.6 Å². The zero-order chi connectivity index (χ0) is 20.5. The van der Waals surface area contributed by atoms with Gasteiger partial charge in [0.2, 0.25) is 0 Å². The summed E-state index contributed by atoms with van der Waals surface area (Å²) in [7, 11) is 0. The van der Waals surface area contributed by atoms with Crippen molar-refractivity contribution in [3.05, 3.63) is 11.6 Å². The zero-order valence-corrected chi connectivity index (χ0v) is 17.4. The minimum atomic E-state index is -1.25. The van der Waals surface area contributed by atoms with Crippen molar-refractivity contribution in [3.8, 4) is 0 Å². The minimum absolute atomic E-state index is 0.121. The van der Waals surface area contributed by atoms with Gasteiger partial charge in [-0.05, 0) is 80.3 Å². The molecule has 4 aliphatic carbocycles. The maximum atomic E-state index is 12.4. The largest absolute Gasteiger partial charge is 0.458 e. The summed E-state index contributed by atoms with van der Waals surface area (Å²) in [6.45, 7) is 7.25. The number of rotatable bonds is 2. The Bertz CT molecular complexity index is 769. The van der Waals surface area contributed by atoms with Crippen LogP contribution >= 0.6 is 0 Å². The summed E-state index contributed by atoms with van der Waals surface area (Å²) in [5, 5.41) is 11.3. The van der Waals surface area contributed by atoms with Crippen LogP contribution in [0.5, 0.6) is 0 Å². The molecule has 0 aliphatic heterocycles. The summed E-state index contributed by atoms with van der Waals surface area (Å²) in [4.78, 5) is 36.3. The molecule has 3 fully saturated rings. The Morgan fingerprint density at radius 1 is 1.11 bits per heavy atom. The topological polar surface area (TPSA) is 80.7 Å². The number of carbonyl (C=O) groups is 3. The van der Waals surface area contributed by atoms with Crippen LogP contribution in [0, 0.1) is 28.6 Å². The lowest BCUT2D eigenvalue weighted by Crippen LogP contribution is -2.58. The van der Waals surface area contributed by atoms with Crippen LogP contribution in [-0.4, -0.2) is 34.3 Å². The second-order valence-electron chi connectivity index (χ2n) is 10.1. The highest BCUT2D eigenvalue weighted by Gasteiger charge is 2.66. The summed E-state index contributed by atoms with van der Waals surface area (Å²) >= 11 is 0. The second-order valence-corrected chi connectivity index (χ2v) is 10.1. The van der Waals surface area contributed by atoms with Gasteiger partial charge in [0.05, 0.1) is 0 Å². The van der Waals surface area contributed by atoms with Gasteiger partial charge in [-0.3, -0.25) is 14.4 Å². The van der Waals surface area contributed by atoms with Gasteiger partial charge in [-0.15, -0.1) is 0 Å². The fraction of sp³-hybridized carbons (Fsp3) is 0.783. The molecule has 5 nitrogen and oxygen atoms in total. The van der Waals surface area contributed by atoms with E-state index in [4.69, 9.17) is 4.74 Å². The molecule has 0 aromatic rings. The van der Waals surface area contributed by atoms with Crippen molar-refractivity contribution in [1.29, 1.82) is 0 Å². The van der Waals surface area contributed by atoms with E-state index < -0.39 is 11.0 Å². The van der Waals surface area contributed by atoms with Crippen LogP contribution < -0.4 is 0 Å². The Hall–Kier alpha value is -1.49. The average molecular weight is 389 g/mol. The van der Waals surface area contributed by atoms with E-state index in [9.17, 15) is 19.5 Å². The number of carbonyl (C=O) groups excluding carboxylic acids is 3. The van der Waals surface area contributed by atoms with Gasteiger partial charge < -0.3 is 9.84 Å². The SMILES string of the molecule is CC(=O)O[C@H]1C[C@@H]2[C@H](CC[C@@]3(C)[C@H]2CC[C@]3(O)C(C)=O)[C@@]2(C)CCC(=O)C=C12. The van der Waals surface area contributed by atoms with E-state index in [0.29, 0.717) is 25.2 Å². The molecule has 4 rings (SSSR count). The number of aliphatic hydroxyl groups is 1. The van der Waals surface area contributed by atoms with E-state index in [1.807, 2.05) is 0 Å². The fourth-order valence-electron chi connectivity index (χ4n) is 7.49. The lowest BCUT2D eigenvalue weighted by molar-refractivity contribution is -0.167. The van der Waals surface area contributed by atoms with Crippen molar-refractivity contribution in [2.45, 2.75) is 84.3 Å². The van der Waals surface area contributed by atoms with Crippen molar-refractivity contribution in [3.63, 3.8) is 0 Å². The number of fused-ring (bicyclic) bond motifs is 5. The van der Waals surface area contributed by atoms with Crippen LogP contribution in [-0.2, 0) is 19.1 Å². The molecule has 0 aromatic heterocycles. The molecule has 0 unspecified atom stereocenters. The predicted molar refractivity (Wildman–Crippen MR) is 103 cm³/mol. The summed E-state index contributed by atoms with van der Waals surface area (Å²) < 4.78 is 5.72. The Kier molecular flexibility index (Phi) is 4.42. The first kappa shape index (κ1) is 19.8. The summed E-state index contributed by atoms with van der Waals surface area (Å²) in [6.07, 6.45) is 6.48. The molecular formula is C23H32O5. The van der Waals surface area contributed by atoms with Crippen molar-refractivity contribution < 1.29 is 24.2 Å². The van der Waals surface area contributed by atoms with Gasteiger partial charge >= 0.3 is 5.97 Å². The average Bonchev–Trinajstić information content (AvgIpc) is 2.89. The van der Waals surface area contributed by atoms with Crippen molar-refractivity contribution in [2.75, 3.05) is 0 Å². The van der Waals surface area contributed by atoms with Gasteiger partial charge in [0.25, 0.3) is 0 Å². The lowest BCUT2D eigenvalue weighted by Gasteiger charge is -2.60. The molecule has 7 atom stereocenters. The highest BCUT2D eigenvalue weighted by Crippen LogP contribution is 2.67. The van der Waals surface area contributed by atoms with Gasteiger partial charge in [-0.2, -0.15) is 0 Å². The predicted octanol–water partition coefficient (Wildman–Crippen LogP) is 3.38. The standard InChI is InChI=1S/C23H32O5/c1-13(24)23(27)10-7-18-16-12-20(28-14(2)25)19-11-15(26)5-8-21(19,3)17(16)6-9-22(18,23)4/h11,16-18,20,27H,5-10,12H2,1-4H3/t16-,17+,18+,20+,21-,22+,23+/m1/s1. The highest BCUT2D eigenvalue weighted by atomic mass is 16.5. The number of hydrogen-bond donors (Lipinski definition) is 1. The van der Waals surface area contributed by atoms with E-state index in [2.05, 4.69) is 13.8 Å². The van der Waals surface area contributed by atoms with E-state index in [1.165, 1.54) is 13.8 Å². The molecular weight excluding hydrogens is 356 g/mol. The van der Waals surface area contributed by atoms with Gasteiger partial charge in [0, 0.05) is 18.8 Å². The smallest absolute Gasteiger partial charge is 0.303 e. The van der Waals surface area contributed by atoms with Gasteiger partial charge in [-0.25, -0.2) is 0 Å². The molecule has 4 aliphatic rings. The van der Waals surface area contributed by atoms with Crippen molar-refractivity contribution >= 4 is 17.5 Å². The number of Topliss-reactive ketones (excluding diaryl/α,β-unsaturated/α-hetero) is 1. The molecule has 3 saturated carbocycles. The van der Waals surface area contributed by atoms with Crippen LogP contribution in [0.4, 0.5) is 0 Å². The second kappa shape index (κ2) is 6.25. The Morgan fingerprint density at radius 3 is 2.43 bits per heavy atom. The summed E-state index contributed by atoms with van der Waals surface area (Å²) in [5.41, 5.74) is -0.847. The molecule has 0 bridgehead atoms. The van der Waals surface area contributed by atoms with Gasteiger partial charge in [-0.1, -0.05) is 13.8 Å². The third-order valence-corrected chi connectivity index (χ3v) is 9.00. The summed E-state index contributed by atoms with van der Waals surface area (Å²) in [6, 6.07) is 0. The van der Waals surface area contributed by atoms with Crippen LogP contribution in [0.25, 0.3) is 0 Å². The Morgan fingerprint density at radius 2 is 1.79 bits per heavy atom. The third-order valence-electron chi connectivity index (χ3n) is 9.00. The number of hydrogen-bond acceptors (Lipinski definition) is 5.